The van der Waals surface area contributed by atoms with Gasteiger partial charge < -0.3 is 10.1 Å². The highest BCUT2D eigenvalue weighted by atomic mass is 19.2. The van der Waals surface area contributed by atoms with Crippen LogP contribution in [0.15, 0.2) is 12.1 Å². The first-order valence-electron chi connectivity index (χ1n) is 5.81. The Kier molecular flexibility index (Phi) is 5.62. The lowest BCUT2D eigenvalue weighted by molar-refractivity contribution is 0.146. The number of benzene rings is 1. The third-order valence-electron chi connectivity index (χ3n) is 2.76. The lowest BCUT2D eigenvalue weighted by Gasteiger charge is -2.21. The molecule has 1 aromatic rings. The SMILES string of the molecule is COCC(NCc1cc(F)c(F)c(F)c1)C(C)C. The zero-order chi connectivity index (χ0) is 13.7. The molecule has 1 unspecified atom stereocenters. The summed E-state index contributed by atoms with van der Waals surface area (Å²) in [6.07, 6.45) is 0. The van der Waals surface area contributed by atoms with Crippen molar-refractivity contribution in [2.75, 3.05) is 13.7 Å². The molecule has 0 fully saturated rings. The van der Waals surface area contributed by atoms with Crippen LogP contribution in [-0.2, 0) is 11.3 Å². The maximum atomic E-state index is 13.0. The van der Waals surface area contributed by atoms with Crippen molar-refractivity contribution in [1.82, 2.24) is 5.32 Å². The molecule has 0 spiro atoms. The summed E-state index contributed by atoms with van der Waals surface area (Å²) in [6.45, 7) is 4.80. The molecule has 0 aliphatic carbocycles. The second kappa shape index (κ2) is 6.75. The molecule has 1 N–H and O–H groups in total. The van der Waals surface area contributed by atoms with E-state index in [-0.39, 0.29) is 12.6 Å². The lowest BCUT2D eigenvalue weighted by atomic mass is 10.0. The smallest absolute Gasteiger partial charge is 0.194 e. The maximum Gasteiger partial charge on any atom is 0.194 e. The molecule has 0 amide bonds. The second-order valence-electron chi connectivity index (χ2n) is 4.56. The number of hydrogen-bond donors (Lipinski definition) is 1. The molecule has 2 nitrogen and oxygen atoms in total. The fourth-order valence-corrected chi connectivity index (χ4v) is 1.63. The molecule has 1 rings (SSSR count). The second-order valence-corrected chi connectivity index (χ2v) is 4.56. The van der Waals surface area contributed by atoms with E-state index in [9.17, 15) is 13.2 Å². The van der Waals surface area contributed by atoms with Crippen molar-refractivity contribution in [3.05, 3.63) is 35.1 Å². The molecule has 0 heterocycles. The predicted molar refractivity (Wildman–Crippen MR) is 63.7 cm³/mol. The number of halogens is 3. The Morgan fingerprint density at radius 3 is 2.17 bits per heavy atom. The zero-order valence-electron chi connectivity index (χ0n) is 10.8. The van der Waals surface area contributed by atoms with Crippen molar-refractivity contribution in [1.29, 1.82) is 0 Å². The van der Waals surface area contributed by atoms with E-state index < -0.39 is 17.5 Å². The van der Waals surface area contributed by atoms with E-state index in [0.717, 1.165) is 12.1 Å². The van der Waals surface area contributed by atoms with Crippen LogP contribution in [0.3, 0.4) is 0 Å². The first kappa shape index (κ1) is 15.0. The molecular formula is C13H18F3NO. The first-order valence-corrected chi connectivity index (χ1v) is 5.81. The van der Waals surface area contributed by atoms with Gasteiger partial charge in [0.2, 0.25) is 0 Å². The molecule has 0 saturated heterocycles. The summed E-state index contributed by atoms with van der Waals surface area (Å²) in [5.74, 6) is -3.45. The molecule has 1 atom stereocenters. The Balaban J connectivity index is 2.67. The van der Waals surface area contributed by atoms with Crippen molar-refractivity contribution < 1.29 is 17.9 Å². The van der Waals surface area contributed by atoms with E-state index >= 15 is 0 Å². The highest BCUT2D eigenvalue weighted by Crippen LogP contribution is 2.14. The summed E-state index contributed by atoms with van der Waals surface area (Å²) in [7, 11) is 1.59. The average molecular weight is 261 g/mol. The molecule has 1 aromatic carbocycles. The summed E-state index contributed by atoms with van der Waals surface area (Å²) >= 11 is 0. The van der Waals surface area contributed by atoms with Gasteiger partial charge >= 0.3 is 0 Å². The Morgan fingerprint density at radius 2 is 1.72 bits per heavy atom. The van der Waals surface area contributed by atoms with E-state index in [1.165, 1.54) is 0 Å². The molecule has 0 saturated carbocycles. The van der Waals surface area contributed by atoms with Crippen LogP contribution in [-0.4, -0.2) is 19.8 Å². The van der Waals surface area contributed by atoms with Crippen molar-refractivity contribution >= 4 is 0 Å². The molecule has 0 aliphatic rings. The van der Waals surface area contributed by atoms with E-state index in [1.807, 2.05) is 13.8 Å². The molecule has 18 heavy (non-hydrogen) atoms. The van der Waals surface area contributed by atoms with Gasteiger partial charge in [-0.1, -0.05) is 13.8 Å². The van der Waals surface area contributed by atoms with Gasteiger partial charge in [0.25, 0.3) is 0 Å². The molecule has 5 heteroatoms. The normalized spacial score (nSPS) is 13.1. The fourth-order valence-electron chi connectivity index (χ4n) is 1.63. The number of rotatable bonds is 6. The highest BCUT2D eigenvalue weighted by molar-refractivity contribution is 5.19. The topological polar surface area (TPSA) is 21.3 Å². The highest BCUT2D eigenvalue weighted by Gasteiger charge is 2.14. The molecule has 102 valence electrons. The van der Waals surface area contributed by atoms with Crippen LogP contribution in [0.25, 0.3) is 0 Å². The summed E-state index contributed by atoms with van der Waals surface area (Å²) < 4.78 is 43.8. The van der Waals surface area contributed by atoms with Gasteiger partial charge in [-0.2, -0.15) is 0 Å². The summed E-state index contributed by atoms with van der Waals surface area (Å²) in [5.41, 5.74) is 0.369. The van der Waals surface area contributed by atoms with Crippen LogP contribution in [0.5, 0.6) is 0 Å². The minimum absolute atomic E-state index is 0.0752. The predicted octanol–water partition coefficient (Wildman–Crippen LogP) is 2.86. The van der Waals surface area contributed by atoms with E-state index in [4.69, 9.17) is 4.74 Å². The number of methoxy groups -OCH3 is 1. The Hall–Kier alpha value is -1.07. The molecule has 0 radical (unpaired) electrons. The number of ether oxygens (including phenoxy) is 1. The van der Waals surface area contributed by atoms with Crippen molar-refractivity contribution in [2.45, 2.75) is 26.4 Å². The molecule has 0 aliphatic heterocycles. The average Bonchev–Trinajstić information content (AvgIpc) is 2.30. The Morgan fingerprint density at radius 1 is 1.17 bits per heavy atom. The number of nitrogens with one attached hydrogen (secondary N) is 1. The van der Waals surface area contributed by atoms with Crippen LogP contribution < -0.4 is 5.32 Å². The van der Waals surface area contributed by atoms with Crippen LogP contribution in [0.1, 0.15) is 19.4 Å². The summed E-state index contributed by atoms with van der Waals surface area (Å²) in [6, 6.07) is 2.07. The van der Waals surface area contributed by atoms with Gasteiger partial charge in [-0.25, -0.2) is 13.2 Å². The molecule has 0 aromatic heterocycles. The largest absolute Gasteiger partial charge is 0.383 e. The zero-order valence-corrected chi connectivity index (χ0v) is 10.8. The van der Waals surface area contributed by atoms with Gasteiger partial charge in [-0.15, -0.1) is 0 Å². The molecular weight excluding hydrogens is 243 g/mol. The van der Waals surface area contributed by atoms with E-state index in [1.54, 1.807) is 7.11 Å². The monoisotopic (exact) mass is 261 g/mol. The Labute approximate surface area is 105 Å². The van der Waals surface area contributed by atoms with Gasteiger partial charge in [0.1, 0.15) is 0 Å². The fraction of sp³-hybridized carbons (Fsp3) is 0.538. The van der Waals surface area contributed by atoms with E-state index in [2.05, 4.69) is 5.32 Å². The standard InChI is InChI=1S/C13H18F3NO/c1-8(2)12(7-18-3)17-6-9-4-10(14)13(16)11(15)5-9/h4-5,8,12,17H,6-7H2,1-3H3. The van der Waals surface area contributed by atoms with Crippen LogP contribution in [0.4, 0.5) is 13.2 Å². The van der Waals surface area contributed by atoms with Gasteiger partial charge in [-0.3, -0.25) is 0 Å². The minimum Gasteiger partial charge on any atom is -0.383 e. The van der Waals surface area contributed by atoms with Crippen LogP contribution in [0, 0.1) is 23.4 Å². The number of hydrogen-bond acceptors (Lipinski definition) is 2. The molecule has 0 bridgehead atoms. The Bertz CT molecular complexity index is 373. The van der Waals surface area contributed by atoms with E-state index in [0.29, 0.717) is 18.1 Å². The third-order valence-corrected chi connectivity index (χ3v) is 2.76. The van der Waals surface area contributed by atoms with Crippen molar-refractivity contribution in [2.24, 2.45) is 5.92 Å². The van der Waals surface area contributed by atoms with Crippen LogP contribution >= 0.6 is 0 Å². The summed E-state index contributed by atoms with van der Waals surface area (Å²) in [4.78, 5) is 0. The van der Waals surface area contributed by atoms with Gasteiger partial charge in [-0.05, 0) is 23.6 Å². The van der Waals surface area contributed by atoms with Crippen LogP contribution in [0.2, 0.25) is 0 Å². The van der Waals surface area contributed by atoms with Crippen molar-refractivity contribution in [3.8, 4) is 0 Å². The first-order chi connectivity index (χ1) is 8.45. The minimum atomic E-state index is -1.43. The van der Waals surface area contributed by atoms with Gasteiger partial charge in [0.15, 0.2) is 17.5 Å². The quantitative estimate of drug-likeness (QED) is 0.795. The van der Waals surface area contributed by atoms with Crippen molar-refractivity contribution in [3.63, 3.8) is 0 Å². The summed E-state index contributed by atoms with van der Waals surface area (Å²) in [5, 5.41) is 3.13. The van der Waals surface area contributed by atoms with Gasteiger partial charge in [0.05, 0.1) is 6.61 Å². The third kappa shape index (κ3) is 3.99. The van der Waals surface area contributed by atoms with Gasteiger partial charge in [0, 0.05) is 19.7 Å². The lowest BCUT2D eigenvalue weighted by Crippen LogP contribution is -2.37. The maximum absolute atomic E-state index is 13.0.